The van der Waals surface area contributed by atoms with Gasteiger partial charge in [-0.3, -0.25) is 24.5 Å². The van der Waals surface area contributed by atoms with Crippen LogP contribution < -0.4 is 10.6 Å². The van der Waals surface area contributed by atoms with Crippen molar-refractivity contribution in [1.29, 1.82) is 0 Å². The molecule has 0 spiro atoms. The number of esters is 1. The largest absolute Gasteiger partial charge is 0.466 e. The van der Waals surface area contributed by atoms with Crippen LogP contribution in [-0.4, -0.2) is 35.9 Å². The number of carbonyl (C=O) groups excluding carboxylic acids is 3. The van der Waals surface area contributed by atoms with Gasteiger partial charge in [-0.15, -0.1) is 0 Å². The van der Waals surface area contributed by atoms with Crippen LogP contribution in [0.2, 0.25) is 0 Å². The molecular weight excluding hydrogens is 390 g/mol. The van der Waals surface area contributed by atoms with Crippen molar-refractivity contribution in [2.24, 2.45) is 0 Å². The summed E-state index contributed by atoms with van der Waals surface area (Å²) in [6.07, 6.45) is 1.75. The van der Waals surface area contributed by atoms with E-state index in [4.69, 9.17) is 4.74 Å². The Balaban J connectivity index is 2.18. The van der Waals surface area contributed by atoms with Crippen molar-refractivity contribution in [3.63, 3.8) is 0 Å². The van der Waals surface area contributed by atoms with Crippen LogP contribution in [0.4, 0.5) is 5.69 Å². The summed E-state index contributed by atoms with van der Waals surface area (Å²) in [5.41, 5.74) is 0.517. The number of nitrogens with zero attached hydrogens (tertiary/aromatic N) is 1. The van der Waals surface area contributed by atoms with Crippen molar-refractivity contribution in [3.8, 4) is 0 Å². The summed E-state index contributed by atoms with van der Waals surface area (Å²) in [5.74, 6) is -1.49. The molecule has 2 amide bonds. The van der Waals surface area contributed by atoms with E-state index in [0.29, 0.717) is 17.5 Å². The SMILES string of the molecule is CC(=O)OCCCNC(=O)/C(=C/c1cccc([N+](=O)[O-])c1)NC(=O)c1ccccc1. The lowest BCUT2D eigenvalue weighted by atomic mass is 10.1. The van der Waals surface area contributed by atoms with Crippen LogP contribution in [0.15, 0.2) is 60.3 Å². The summed E-state index contributed by atoms with van der Waals surface area (Å²) in [7, 11) is 0. The standard InChI is InChI=1S/C21H21N3O6/c1-15(25)30-12-6-11-22-21(27)19(23-20(26)17-8-3-2-4-9-17)14-16-7-5-10-18(13-16)24(28)29/h2-5,7-10,13-14H,6,11-12H2,1H3,(H,22,27)(H,23,26)/b19-14-. The van der Waals surface area contributed by atoms with Crippen molar-refractivity contribution in [3.05, 3.63) is 81.5 Å². The van der Waals surface area contributed by atoms with E-state index in [1.165, 1.54) is 31.2 Å². The minimum atomic E-state index is -0.575. The van der Waals surface area contributed by atoms with Gasteiger partial charge in [0.1, 0.15) is 5.70 Å². The highest BCUT2D eigenvalue weighted by Crippen LogP contribution is 2.15. The van der Waals surface area contributed by atoms with E-state index in [-0.39, 0.29) is 24.5 Å². The minimum absolute atomic E-state index is 0.0724. The van der Waals surface area contributed by atoms with Crippen molar-refractivity contribution in [2.75, 3.05) is 13.2 Å². The Morgan fingerprint density at radius 1 is 1.10 bits per heavy atom. The Morgan fingerprint density at radius 3 is 2.50 bits per heavy atom. The van der Waals surface area contributed by atoms with E-state index in [2.05, 4.69) is 10.6 Å². The average Bonchev–Trinajstić information content (AvgIpc) is 2.73. The van der Waals surface area contributed by atoms with Gasteiger partial charge in [0.05, 0.1) is 11.5 Å². The Labute approximate surface area is 172 Å². The third-order valence-electron chi connectivity index (χ3n) is 3.83. The molecule has 2 rings (SSSR count). The summed E-state index contributed by atoms with van der Waals surface area (Å²) in [6, 6.07) is 14.0. The van der Waals surface area contributed by atoms with Crippen LogP contribution in [0.3, 0.4) is 0 Å². The molecule has 2 N–H and O–H groups in total. The zero-order valence-electron chi connectivity index (χ0n) is 16.3. The van der Waals surface area contributed by atoms with Crippen LogP contribution in [0, 0.1) is 10.1 Å². The van der Waals surface area contributed by atoms with Gasteiger partial charge in [-0.1, -0.05) is 30.3 Å². The van der Waals surface area contributed by atoms with Crippen LogP contribution in [0.1, 0.15) is 29.3 Å². The number of nitro groups is 1. The number of hydrogen-bond donors (Lipinski definition) is 2. The molecule has 9 nitrogen and oxygen atoms in total. The van der Waals surface area contributed by atoms with E-state index in [1.807, 2.05) is 0 Å². The van der Waals surface area contributed by atoms with Gasteiger partial charge in [-0.2, -0.15) is 0 Å². The number of benzene rings is 2. The maximum atomic E-state index is 12.6. The number of nitrogens with one attached hydrogen (secondary N) is 2. The third kappa shape index (κ3) is 7.19. The van der Waals surface area contributed by atoms with Crippen molar-refractivity contribution in [1.82, 2.24) is 10.6 Å². The maximum absolute atomic E-state index is 12.6. The van der Waals surface area contributed by atoms with E-state index in [9.17, 15) is 24.5 Å². The first kappa shape index (κ1) is 22.3. The van der Waals surface area contributed by atoms with Gasteiger partial charge < -0.3 is 15.4 Å². The molecule has 0 aliphatic rings. The maximum Gasteiger partial charge on any atom is 0.302 e. The van der Waals surface area contributed by atoms with Crippen molar-refractivity contribution in [2.45, 2.75) is 13.3 Å². The first-order valence-corrected chi connectivity index (χ1v) is 9.11. The van der Waals surface area contributed by atoms with E-state index >= 15 is 0 Å². The van der Waals surface area contributed by atoms with Gasteiger partial charge in [0.15, 0.2) is 0 Å². The smallest absolute Gasteiger partial charge is 0.302 e. The number of hydrogen-bond acceptors (Lipinski definition) is 6. The van der Waals surface area contributed by atoms with Gasteiger partial charge in [0.25, 0.3) is 17.5 Å². The summed E-state index contributed by atoms with van der Waals surface area (Å²) in [4.78, 5) is 46.3. The fourth-order valence-corrected chi connectivity index (χ4v) is 2.42. The lowest BCUT2D eigenvalue weighted by Crippen LogP contribution is -2.35. The molecule has 0 aliphatic carbocycles. The molecule has 0 radical (unpaired) electrons. The number of carbonyl (C=O) groups is 3. The van der Waals surface area contributed by atoms with E-state index < -0.39 is 22.7 Å². The van der Waals surface area contributed by atoms with Gasteiger partial charge in [-0.25, -0.2) is 0 Å². The van der Waals surface area contributed by atoms with Gasteiger partial charge in [0, 0.05) is 31.2 Å². The second-order valence-electron chi connectivity index (χ2n) is 6.18. The van der Waals surface area contributed by atoms with Crippen LogP contribution in [0.5, 0.6) is 0 Å². The van der Waals surface area contributed by atoms with Crippen molar-refractivity contribution >= 4 is 29.5 Å². The molecule has 0 aromatic heterocycles. The predicted molar refractivity (Wildman–Crippen MR) is 109 cm³/mol. The molecule has 2 aromatic carbocycles. The molecule has 30 heavy (non-hydrogen) atoms. The van der Waals surface area contributed by atoms with Crippen LogP contribution >= 0.6 is 0 Å². The summed E-state index contributed by atoms with van der Waals surface area (Å²) >= 11 is 0. The number of amides is 2. The van der Waals surface area contributed by atoms with Crippen molar-refractivity contribution < 1.29 is 24.0 Å². The highest BCUT2D eigenvalue weighted by molar-refractivity contribution is 6.05. The third-order valence-corrected chi connectivity index (χ3v) is 3.83. The van der Waals surface area contributed by atoms with E-state index in [1.54, 1.807) is 36.4 Å². The fraction of sp³-hybridized carbons (Fsp3) is 0.190. The van der Waals surface area contributed by atoms with Gasteiger partial charge >= 0.3 is 5.97 Å². The zero-order chi connectivity index (χ0) is 21.9. The summed E-state index contributed by atoms with van der Waals surface area (Å²) in [6.45, 7) is 1.65. The molecule has 0 saturated heterocycles. The quantitative estimate of drug-likeness (QED) is 0.214. The van der Waals surface area contributed by atoms with Gasteiger partial charge in [-0.05, 0) is 30.2 Å². The highest BCUT2D eigenvalue weighted by Gasteiger charge is 2.15. The Morgan fingerprint density at radius 2 is 1.83 bits per heavy atom. The Kier molecular flexibility index (Phi) is 8.25. The summed E-state index contributed by atoms with van der Waals surface area (Å²) < 4.78 is 4.80. The topological polar surface area (TPSA) is 128 Å². The minimum Gasteiger partial charge on any atom is -0.466 e. The lowest BCUT2D eigenvalue weighted by molar-refractivity contribution is -0.384. The second kappa shape index (κ2) is 11.1. The van der Waals surface area contributed by atoms with E-state index in [0.717, 1.165) is 0 Å². The number of non-ortho nitro benzene ring substituents is 1. The second-order valence-corrected chi connectivity index (χ2v) is 6.18. The molecule has 0 heterocycles. The molecule has 0 atom stereocenters. The first-order valence-electron chi connectivity index (χ1n) is 9.11. The highest BCUT2D eigenvalue weighted by atomic mass is 16.6. The molecule has 0 bridgehead atoms. The number of ether oxygens (including phenoxy) is 1. The normalized spacial score (nSPS) is 10.8. The molecule has 0 aliphatic heterocycles. The molecular formula is C21H21N3O6. The Bertz CT molecular complexity index is 956. The molecule has 156 valence electrons. The molecule has 9 heteroatoms. The summed E-state index contributed by atoms with van der Waals surface area (Å²) in [5, 5.41) is 16.2. The van der Waals surface area contributed by atoms with Crippen LogP contribution in [0.25, 0.3) is 6.08 Å². The molecule has 0 saturated carbocycles. The number of rotatable bonds is 9. The monoisotopic (exact) mass is 411 g/mol. The molecule has 2 aromatic rings. The average molecular weight is 411 g/mol. The Hall–Kier alpha value is -4.01. The predicted octanol–water partition coefficient (Wildman–Crippen LogP) is 2.44. The first-order chi connectivity index (χ1) is 14.4. The van der Waals surface area contributed by atoms with Crippen LogP contribution in [-0.2, 0) is 14.3 Å². The molecule has 0 unspecified atom stereocenters. The lowest BCUT2D eigenvalue weighted by Gasteiger charge is -2.11. The fourth-order valence-electron chi connectivity index (χ4n) is 2.42. The van der Waals surface area contributed by atoms with Gasteiger partial charge in [0.2, 0.25) is 0 Å². The molecule has 0 fully saturated rings. The number of nitro benzene ring substituents is 1. The zero-order valence-corrected chi connectivity index (χ0v) is 16.3.